The van der Waals surface area contributed by atoms with Crippen molar-refractivity contribution in [1.29, 1.82) is 0 Å². The van der Waals surface area contributed by atoms with Gasteiger partial charge in [-0.1, -0.05) is 138 Å². The fourth-order valence-corrected chi connectivity index (χ4v) is 5.27. The van der Waals surface area contributed by atoms with E-state index in [0.717, 1.165) is 32.7 Å². The Morgan fingerprint density at radius 3 is 2.02 bits per heavy atom. The van der Waals surface area contributed by atoms with Crippen molar-refractivity contribution < 1.29 is 26.7 Å². The van der Waals surface area contributed by atoms with Crippen molar-refractivity contribution in [2.24, 2.45) is 20.4 Å². The van der Waals surface area contributed by atoms with Crippen LogP contribution in [0.4, 0.5) is 11.5 Å². The van der Waals surface area contributed by atoms with Crippen molar-refractivity contribution in [3.05, 3.63) is 149 Å². The number of rotatable bonds is 3. The SMILES string of the molecule is ClC(Cl)Cl.O=C1C=Cc2cccc3ccc(N=Nc4ccccn4)c1c23.[Co+2].[O-]c1ccc2cccc3c2c1/C(=N/N=c1/cccc[n-]1)C=C3. The molecule has 12 heteroatoms. The van der Waals surface area contributed by atoms with Crippen LogP contribution >= 0.6 is 34.8 Å². The minimum absolute atomic E-state index is 0. The topological polar surface area (TPSA) is 117 Å². The van der Waals surface area contributed by atoms with Crippen LogP contribution < -0.4 is 15.6 Å². The number of azo groups is 1. The second-order valence-electron chi connectivity index (χ2n) is 10.2. The van der Waals surface area contributed by atoms with E-state index in [1.807, 2.05) is 97.1 Å². The molecule has 0 N–H and O–H groups in total. The smallest absolute Gasteiger partial charge is 0.872 e. The fraction of sp³-hybridized carbons (Fsp3) is 0.0270. The number of aromatic nitrogens is 2. The molecule has 4 aromatic carbocycles. The van der Waals surface area contributed by atoms with Gasteiger partial charge in [-0.25, -0.2) is 4.98 Å². The van der Waals surface area contributed by atoms with Crippen molar-refractivity contribution in [2.45, 2.75) is 4.30 Å². The molecule has 0 saturated heterocycles. The Morgan fingerprint density at radius 1 is 0.673 bits per heavy atom. The van der Waals surface area contributed by atoms with Crippen molar-refractivity contribution >= 4 is 91.5 Å². The van der Waals surface area contributed by atoms with Crippen LogP contribution in [0.25, 0.3) is 33.7 Å². The number of ketones is 1. The normalized spacial score (nSPS) is 13.7. The van der Waals surface area contributed by atoms with Crippen LogP contribution in [-0.2, 0) is 16.8 Å². The van der Waals surface area contributed by atoms with Crippen LogP contribution in [0.5, 0.6) is 5.75 Å². The molecule has 0 atom stereocenters. The zero-order valence-electron chi connectivity index (χ0n) is 25.2. The average molecular weight is 749 g/mol. The Kier molecular flexibility index (Phi) is 11.9. The summed E-state index contributed by atoms with van der Waals surface area (Å²) >= 11 is 14.4. The molecule has 0 saturated carbocycles. The maximum absolute atomic E-state index is 12.3. The van der Waals surface area contributed by atoms with Crippen LogP contribution in [-0.4, -0.2) is 20.8 Å². The second-order valence-corrected chi connectivity index (χ2v) is 12.2. The van der Waals surface area contributed by atoms with Gasteiger partial charge in [0, 0.05) is 17.1 Å². The zero-order valence-corrected chi connectivity index (χ0v) is 28.6. The van der Waals surface area contributed by atoms with E-state index < -0.39 is 4.30 Å². The van der Waals surface area contributed by atoms with E-state index in [1.165, 1.54) is 0 Å². The van der Waals surface area contributed by atoms with Gasteiger partial charge < -0.3 is 15.2 Å². The minimum Gasteiger partial charge on any atom is -0.872 e. The number of pyridine rings is 2. The third-order valence-corrected chi connectivity index (χ3v) is 7.25. The van der Waals surface area contributed by atoms with Gasteiger partial charge in [0.05, 0.1) is 17.0 Å². The number of alkyl halides is 3. The molecular formula is C37H23Cl3CoN6O2. The first-order valence-corrected chi connectivity index (χ1v) is 15.8. The van der Waals surface area contributed by atoms with Gasteiger partial charge in [-0.05, 0) is 63.1 Å². The van der Waals surface area contributed by atoms with Crippen LogP contribution in [0.2, 0.25) is 0 Å². The molecule has 0 bridgehead atoms. The summed E-state index contributed by atoms with van der Waals surface area (Å²) in [5.74, 6) is 0.431. The van der Waals surface area contributed by atoms with E-state index >= 15 is 0 Å². The summed E-state index contributed by atoms with van der Waals surface area (Å²) in [6.45, 7) is 0. The zero-order chi connectivity index (χ0) is 33.5. The summed E-state index contributed by atoms with van der Waals surface area (Å²) in [7, 11) is 0. The molecule has 0 aliphatic heterocycles. The van der Waals surface area contributed by atoms with Gasteiger partial charge in [0.2, 0.25) is 0 Å². The molecule has 2 heterocycles. The standard InChI is InChI=1S/C18H12N3O.C18H11N3O.CHCl3.Co/c2*22-15-10-8-13-5-3-4-12-7-9-14(18(15)17(12)13)20-21-16-6-1-2-11-19-16;2-1(3)4;/h1-11H,(H-,19,20,21,22);1-11H;1H;/q-1;;;+2/p-1. The van der Waals surface area contributed by atoms with E-state index in [2.05, 4.69) is 30.4 Å². The third kappa shape index (κ3) is 8.40. The van der Waals surface area contributed by atoms with E-state index in [-0.39, 0.29) is 28.3 Å². The van der Waals surface area contributed by atoms with Gasteiger partial charge in [-0.15, -0.1) is 10.2 Å². The van der Waals surface area contributed by atoms with Gasteiger partial charge >= 0.3 is 16.8 Å². The number of allylic oxidation sites excluding steroid dienone is 2. The summed E-state index contributed by atoms with van der Waals surface area (Å²) in [6.07, 6.45) is 10.5. The van der Waals surface area contributed by atoms with Gasteiger partial charge in [0.15, 0.2) is 15.9 Å². The third-order valence-electron chi connectivity index (χ3n) is 7.25. The molecule has 2 aliphatic carbocycles. The Hall–Kier alpha value is -4.90. The van der Waals surface area contributed by atoms with Crippen LogP contribution in [0.1, 0.15) is 27.0 Å². The van der Waals surface area contributed by atoms with Crippen LogP contribution in [0.15, 0.2) is 142 Å². The first-order chi connectivity index (χ1) is 23.4. The Morgan fingerprint density at radius 2 is 1.35 bits per heavy atom. The number of halogens is 3. The fourth-order valence-electron chi connectivity index (χ4n) is 5.27. The number of benzene rings is 4. The molecule has 8 rings (SSSR count). The molecule has 49 heavy (non-hydrogen) atoms. The number of carbonyl (C=O) groups excluding carboxylic acids is 1. The van der Waals surface area contributed by atoms with Crippen LogP contribution in [0.3, 0.4) is 0 Å². The first kappa shape index (κ1) is 35.4. The summed E-state index contributed by atoms with van der Waals surface area (Å²) in [5.41, 5.74) is 4.93. The number of hydrogen-bond donors (Lipinski definition) is 0. The van der Waals surface area contributed by atoms with E-state index in [1.54, 1.807) is 36.7 Å². The van der Waals surface area contributed by atoms with E-state index in [4.69, 9.17) is 34.8 Å². The largest absolute Gasteiger partial charge is 2.00 e. The number of nitrogens with zero attached hydrogens (tertiary/aromatic N) is 6. The quantitative estimate of drug-likeness (QED) is 0.102. The number of hydrogen-bond acceptors (Lipinski definition) is 7. The summed E-state index contributed by atoms with van der Waals surface area (Å²) in [4.78, 5) is 20.5. The molecule has 0 spiro atoms. The Bertz CT molecular complexity index is 2320. The summed E-state index contributed by atoms with van der Waals surface area (Å²) < 4.78 is -0.750. The molecule has 1 radical (unpaired) electrons. The van der Waals surface area contributed by atoms with E-state index in [0.29, 0.717) is 33.8 Å². The molecule has 0 fully saturated rings. The molecule has 2 aliphatic rings. The Balaban J connectivity index is 0.000000169. The predicted octanol–water partition coefficient (Wildman–Crippen LogP) is 9.05. The monoisotopic (exact) mass is 747 g/mol. The molecule has 0 unspecified atom stereocenters. The van der Waals surface area contributed by atoms with Gasteiger partial charge in [-0.3, -0.25) is 9.90 Å². The van der Waals surface area contributed by atoms with Crippen molar-refractivity contribution in [3.63, 3.8) is 0 Å². The van der Waals surface area contributed by atoms with Gasteiger partial charge in [0.25, 0.3) is 0 Å². The van der Waals surface area contributed by atoms with Gasteiger partial charge in [0.1, 0.15) is 0 Å². The molecule has 2 aromatic heterocycles. The second kappa shape index (κ2) is 16.5. The van der Waals surface area contributed by atoms with Crippen molar-refractivity contribution in [1.82, 2.24) is 9.97 Å². The first-order valence-electron chi connectivity index (χ1n) is 14.5. The molecule has 0 amide bonds. The summed E-state index contributed by atoms with van der Waals surface area (Å²) in [6, 6.07) is 30.0. The molecule has 243 valence electrons. The van der Waals surface area contributed by atoms with Crippen molar-refractivity contribution in [3.8, 4) is 5.75 Å². The van der Waals surface area contributed by atoms with Gasteiger partial charge in [-0.2, -0.15) is 0 Å². The maximum Gasteiger partial charge on any atom is 2.00 e. The molecule has 8 nitrogen and oxygen atoms in total. The number of carbonyl (C=O) groups is 1. The van der Waals surface area contributed by atoms with Crippen LogP contribution in [0, 0.1) is 0 Å². The van der Waals surface area contributed by atoms with Crippen molar-refractivity contribution in [2.75, 3.05) is 0 Å². The predicted molar refractivity (Wildman–Crippen MR) is 191 cm³/mol. The Labute approximate surface area is 306 Å². The molecular weight excluding hydrogens is 726 g/mol. The average Bonchev–Trinajstić information content (AvgIpc) is 3.11. The maximum atomic E-state index is 12.3. The molecule has 6 aromatic rings. The van der Waals surface area contributed by atoms with E-state index in [9.17, 15) is 9.90 Å². The summed E-state index contributed by atoms with van der Waals surface area (Å²) in [5, 5.41) is 32.9. The minimum atomic E-state index is -0.750.